The third-order valence-electron chi connectivity index (χ3n) is 1.91. The maximum absolute atomic E-state index is 11.0. The topological polar surface area (TPSA) is 17.1 Å². The molecule has 0 aliphatic heterocycles. The Hall–Kier alpha value is -0.770. The maximum Gasteiger partial charge on any atom is 0.133 e. The first-order valence-electron chi connectivity index (χ1n) is 4.37. The largest absolute Gasteiger partial charge is 0.300 e. The minimum atomic E-state index is 0.390. The Balaban J connectivity index is 2.34. The van der Waals surface area contributed by atoms with Crippen LogP contribution in [0.5, 0.6) is 0 Å². The number of ketones is 1. The zero-order chi connectivity index (χ0) is 7.94. The number of hydrogen-bond donors (Lipinski definition) is 0. The average Bonchev–Trinajstić information content (AvgIpc) is 2.03. The van der Waals surface area contributed by atoms with E-state index in [-0.39, 0.29) is 0 Å². The van der Waals surface area contributed by atoms with E-state index in [0.717, 1.165) is 25.7 Å². The molecule has 0 amide bonds. The van der Waals surface area contributed by atoms with Gasteiger partial charge in [0.05, 0.1) is 0 Å². The van der Waals surface area contributed by atoms with Crippen LogP contribution in [0, 0.1) is 11.8 Å². The van der Waals surface area contributed by atoms with E-state index in [2.05, 4.69) is 11.8 Å². The molecule has 1 aliphatic rings. The van der Waals surface area contributed by atoms with Crippen LogP contribution in [-0.2, 0) is 4.79 Å². The molecule has 0 N–H and O–H groups in total. The first-order valence-corrected chi connectivity index (χ1v) is 4.37. The highest BCUT2D eigenvalue weighted by Gasteiger charge is 2.00. The summed E-state index contributed by atoms with van der Waals surface area (Å²) >= 11 is 0. The second-order valence-electron chi connectivity index (χ2n) is 2.95. The summed E-state index contributed by atoms with van der Waals surface area (Å²) in [6.07, 6.45) is 6.66. The Morgan fingerprint density at radius 1 is 0.909 bits per heavy atom. The summed E-state index contributed by atoms with van der Waals surface area (Å²) in [7, 11) is 0. The molecule has 0 unspecified atom stereocenters. The molecular formula is C10H14O. The molecule has 0 atom stereocenters. The van der Waals surface area contributed by atoms with Gasteiger partial charge in [-0.25, -0.2) is 0 Å². The molecular weight excluding hydrogens is 136 g/mol. The van der Waals surface area contributed by atoms with Crippen LogP contribution in [-0.4, -0.2) is 5.78 Å². The molecule has 0 saturated heterocycles. The monoisotopic (exact) mass is 150 g/mol. The predicted octanol–water partition coefficient (Wildman–Crippen LogP) is 2.30. The van der Waals surface area contributed by atoms with Gasteiger partial charge in [-0.3, -0.25) is 4.79 Å². The highest BCUT2D eigenvalue weighted by atomic mass is 16.1. The molecule has 0 fully saturated rings. The predicted molar refractivity (Wildman–Crippen MR) is 45.1 cm³/mol. The lowest BCUT2D eigenvalue weighted by atomic mass is 10.1. The summed E-state index contributed by atoms with van der Waals surface area (Å²) in [6, 6.07) is 0. The Morgan fingerprint density at radius 3 is 2.64 bits per heavy atom. The average molecular weight is 150 g/mol. The van der Waals surface area contributed by atoms with Crippen molar-refractivity contribution in [3.63, 3.8) is 0 Å². The van der Waals surface area contributed by atoms with E-state index in [4.69, 9.17) is 0 Å². The molecule has 0 saturated carbocycles. The van der Waals surface area contributed by atoms with Gasteiger partial charge in [-0.1, -0.05) is 6.42 Å². The van der Waals surface area contributed by atoms with E-state index >= 15 is 0 Å². The quantitative estimate of drug-likeness (QED) is 0.484. The Bertz CT molecular complexity index is 183. The highest BCUT2D eigenvalue weighted by Crippen LogP contribution is 2.06. The van der Waals surface area contributed by atoms with Crippen LogP contribution in [0.1, 0.15) is 44.9 Å². The van der Waals surface area contributed by atoms with Gasteiger partial charge in [-0.05, 0) is 12.8 Å². The molecule has 0 bridgehead atoms. The van der Waals surface area contributed by atoms with E-state index in [0.29, 0.717) is 12.2 Å². The minimum absolute atomic E-state index is 0.390. The molecule has 0 heterocycles. The summed E-state index contributed by atoms with van der Waals surface area (Å²) in [5, 5.41) is 0. The van der Waals surface area contributed by atoms with Crippen molar-refractivity contribution in [3.8, 4) is 11.8 Å². The molecule has 1 nitrogen and oxygen atoms in total. The van der Waals surface area contributed by atoms with E-state index in [1.807, 2.05) is 0 Å². The molecule has 11 heavy (non-hydrogen) atoms. The summed E-state index contributed by atoms with van der Waals surface area (Å²) in [6.45, 7) is 0. The molecule has 0 radical (unpaired) electrons. The molecule has 0 aromatic heterocycles. The SMILES string of the molecule is O=C1CCC#CCCCCC1. The molecule has 60 valence electrons. The zero-order valence-electron chi connectivity index (χ0n) is 6.86. The smallest absolute Gasteiger partial charge is 0.133 e. The first kappa shape index (κ1) is 8.33. The summed E-state index contributed by atoms with van der Waals surface area (Å²) in [5.41, 5.74) is 0. The molecule has 1 rings (SSSR count). The van der Waals surface area contributed by atoms with E-state index < -0.39 is 0 Å². The Kier molecular flexibility index (Phi) is 3.75. The lowest BCUT2D eigenvalue weighted by molar-refractivity contribution is -0.119. The van der Waals surface area contributed by atoms with Gasteiger partial charge < -0.3 is 0 Å². The summed E-state index contributed by atoms with van der Waals surface area (Å²) in [4.78, 5) is 11.0. The fraction of sp³-hybridized carbons (Fsp3) is 0.700. The van der Waals surface area contributed by atoms with Crippen molar-refractivity contribution in [1.82, 2.24) is 0 Å². The summed E-state index contributed by atoms with van der Waals surface area (Å²) < 4.78 is 0. The summed E-state index contributed by atoms with van der Waals surface area (Å²) in [5.74, 6) is 6.48. The minimum Gasteiger partial charge on any atom is -0.300 e. The molecule has 0 aromatic carbocycles. The molecule has 1 heteroatoms. The fourth-order valence-electron chi connectivity index (χ4n) is 1.22. The number of hydrogen-bond acceptors (Lipinski definition) is 1. The van der Waals surface area contributed by atoms with Crippen LogP contribution in [0.3, 0.4) is 0 Å². The number of Topliss-reactive ketones (excluding diaryl/α,β-unsaturated/α-hetero) is 1. The van der Waals surface area contributed by atoms with Crippen LogP contribution >= 0.6 is 0 Å². The number of rotatable bonds is 0. The lowest BCUT2D eigenvalue weighted by Gasteiger charge is -1.99. The maximum atomic E-state index is 11.0. The highest BCUT2D eigenvalue weighted by molar-refractivity contribution is 5.78. The number of carbonyl (C=O) groups excluding carboxylic acids is 1. The fourth-order valence-corrected chi connectivity index (χ4v) is 1.22. The van der Waals surface area contributed by atoms with Gasteiger partial charge in [0.25, 0.3) is 0 Å². The van der Waals surface area contributed by atoms with E-state index in [1.54, 1.807) is 0 Å². The van der Waals surface area contributed by atoms with Crippen LogP contribution < -0.4 is 0 Å². The van der Waals surface area contributed by atoms with Gasteiger partial charge in [0.1, 0.15) is 5.78 Å². The number of carbonyl (C=O) groups is 1. The van der Waals surface area contributed by atoms with E-state index in [1.165, 1.54) is 12.8 Å². The van der Waals surface area contributed by atoms with Crippen molar-refractivity contribution in [2.75, 3.05) is 0 Å². The molecule has 1 aliphatic carbocycles. The third-order valence-corrected chi connectivity index (χ3v) is 1.91. The zero-order valence-corrected chi connectivity index (χ0v) is 6.86. The Labute approximate surface area is 68.2 Å². The normalized spacial score (nSPS) is 20.2. The van der Waals surface area contributed by atoms with Crippen LogP contribution in [0.15, 0.2) is 0 Å². The Morgan fingerprint density at radius 2 is 1.73 bits per heavy atom. The van der Waals surface area contributed by atoms with E-state index in [9.17, 15) is 4.79 Å². The van der Waals surface area contributed by atoms with Crippen molar-refractivity contribution < 1.29 is 4.79 Å². The van der Waals surface area contributed by atoms with Crippen molar-refractivity contribution in [1.29, 1.82) is 0 Å². The first-order chi connectivity index (χ1) is 5.39. The lowest BCUT2D eigenvalue weighted by Crippen LogP contribution is -1.97. The van der Waals surface area contributed by atoms with Gasteiger partial charge in [-0.2, -0.15) is 0 Å². The standard InChI is InChI=1S/C10H14O/c11-10-8-6-4-2-1-3-5-7-9-10/h1-2,4,6-9H2. The van der Waals surface area contributed by atoms with Gasteiger partial charge in [-0.15, -0.1) is 11.8 Å². The van der Waals surface area contributed by atoms with Crippen molar-refractivity contribution in [2.24, 2.45) is 0 Å². The van der Waals surface area contributed by atoms with Crippen molar-refractivity contribution in [2.45, 2.75) is 44.9 Å². The third kappa shape index (κ3) is 3.83. The van der Waals surface area contributed by atoms with Crippen molar-refractivity contribution >= 4 is 5.78 Å². The van der Waals surface area contributed by atoms with Crippen LogP contribution in [0.25, 0.3) is 0 Å². The van der Waals surface area contributed by atoms with Gasteiger partial charge in [0.15, 0.2) is 0 Å². The second kappa shape index (κ2) is 4.96. The van der Waals surface area contributed by atoms with Gasteiger partial charge >= 0.3 is 0 Å². The second-order valence-corrected chi connectivity index (χ2v) is 2.95. The van der Waals surface area contributed by atoms with Crippen molar-refractivity contribution in [3.05, 3.63) is 0 Å². The van der Waals surface area contributed by atoms with Crippen LogP contribution in [0.4, 0.5) is 0 Å². The van der Waals surface area contributed by atoms with Gasteiger partial charge in [0.2, 0.25) is 0 Å². The molecule has 0 aromatic rings. The van der Waals surface area contributed by atoms with Gasteiger partial charge in [0, 0.05) is 25.7 Å². The van der Waals surface area contributed by atoms with Crippen LogP contribution in [0.2, 0.25) is 0 Å². The molecule has 0 spiro atoms.